The Labute approximate surface area is 112 Å². The number of benzene rings is 1. The number of rotatable bonds is 5. The summed E-state index contributed by atoms with van der Waals surface area (Å²) in [6.07, 6.45) is 6.89. The van der Waals surface area contributed by atoms with Crippen LogP contribution in [0.4, 0.5) is 0 Å². The van der Waals surface area contributed by atoms with E-state index < -0.39 is 0 Å². The highest BCUT2D eigenvalue weighted by molar-refractivity contribution is 5.29. The molecule has 1 heteroatoms. The Morgan fingerprint density at radius 3 is 2.28 bits per heavy atom. The second kappa shape index (κ2) is 6.38. The molecule has 100 valence electrons. The van der Waals surface area contributed by atoms with Gasteiger partial charge in [0.05, 0.1) is 0 Å². The molecule has 0 spiro atoms. The monoisotopic (exact) mass is 245 g/mol. The van der Waals surface area contributed by atoms with Gasteiger partial charge >= 0.3 is 0 Å². The quantitative estimate of drug-likeness (QED) is 0.826. The number of aryl methyl sites for hydroxylation is 2. The average Bonchev–Trinajstić information content (AvgIpc) is 2.80. The second-order valence-electron chi connectivity index (χ2n) is 5.91. The molecule has 0 saturated heterocycles. The summed E-state index contributed by atoms with van der Waals surface area (Å²) in [5, 5.41) is 3.71. The summed E-state index contributed by atoms with van der Waals surface area (Å²) in [6.45, 7) is 7.72. The molecule has 1 nitrogen and oxygen atoms in total. The smallest absolute Gasteiger partial charge is 0.0136 e. The van der Waals surface area contributed by atoms with Gasteiger partial charge in [-0.2, -0.15) is 0 Å². The topological polar surface area (TPSA) is 12.0 Å². The zero-order chi connectivity index (χ0) is 13.0. The first-order valence-electron chi connectivity index (χ1n) is 7.49. The van der Waals surface area contributed by atoms with Gasteiger partial charge in [-0.25, -0.2) is 0 Å². The fourth-order valence-electron chi connectivity index (χ4n) is 3.47. The molecule has 1 aliphatic carbocycles. The van der Waals surface area contributed by atoms with Crippen LogP contribution in [0.5, 0.6) is 0 Å². The first-order chi connectivity index (χ1) is 8.69. The van der Waals surface area contributed by atoms with E-state index in [1.54, 1.807) is 0 Å². The molecule has 0 heterocycles. The highest BCUT2D eigenvalue weighted by Gasteiger charge is 2.24. The highest BCUT2D eigenvalue weighted by atomic mass is 14.9. The van der Waals surface area contributed by atoms with Gasteiger partial charge in [0.25, 0.3) is 0 Å². The molecule has 18 heavy (non-hydrogen) atoms. The van der Waals surface area contributed by atoms with Gasteiger partial charge in [0.1, 0.15) is 0 Å². The van der Waals surface area contributed by atoms with Crippen LogP contribution in [-0.4, -0.2) is 12.6 Å². The van der Waals surface area contributed by atoms with E-state index in [4.69, 9.17) is 0 Å². The highest BCUT2D eigenvalue weighted by Crippen LogP contribution is 2.29. The molecule has 2 rings (SSSR count). The van der Waals surface area contributed by atoms with Crippen molar-refractivity contribution in [3.63, 3.8) is 0 Å². The third-order valence-electron chi connectivity index (χ3n) is 4.17. The average molecular weight is 245 g/mol. The zero-order valence-corrected chi connectivity index (χ0v) is 12.1. The number of hydrogen-bond donors (Lipinski definition) is 1. The lowest BCUT2D eigenvalue weighted by molar-refractivity contribution is 0.362. The Morgan fingerprint density at radius 2 is 1.72 bits per heavy atom. The van der Waals surface area contributed by atoms with Crippen LogP contribution in [-0.2, 0) is 6.42 Å². The van der Waals surface area contributed by atoms with Crippen molar-refractivity contribution in [1.29, 1.82) is 0 Å². The fourth-order valence-corrected chi connectivity index (χ4v) is 3.47. The summed E-state index contributed by atoms with van der Waals surface area (Å²) >= 11 is 0. The minimum absolute atomic E-state index is 0.679. The van der Waals surface area contributed by atoms with Crippen LogP contribution >= 0.6 is 0 Å². The lowest BCUT2D eigenvalue weighted by atomic mass is 9.91. The van der Waals surface area contributed by atoms with Crippen LogP contribution in [0.25, 0.3) is 0 Å². The van der Waals surface area contributed by atoms with Crippen molar-refractivity contribution >= 4 is 0 Å². The maximum absolute atomic E-state index is 3.71. The first kappa shape index (κ1) is 13.6. The van der Waals surface area contributed by atoms with Crippen LogP contribution in [0, 0.1) is 19.8 Å². The zero-order valence-electron chi connectivity index (χ0n) is 12.1. The van der Waals surface area contributed by atoms with Crippen molar-refractivity contribution in [2.24, 2.45) is 5.92 Å². The summed E-state index contributed by atoms with van der Waals surface area (Å²) in [4.78, 5) is 0. The van der Waals surface area contributed by atoms with E-state index in [-0.39, 0.29) is 0 Å². The first-order valence-corrected chi connectivity index (χ1v) is 7.49. The third kappa shape index (κ3) is 3.58. The number of hydrogen-bond acceptors (Lipinski definition) is 1. The molecule has 1 aromatic rings. The maximum Gasteiger partial charge on any atom is 0.0136 e. The van der Waals surface area contributed by atoms with E-state index in [0.717, 1.165) is 12.5 Å². The van der Waals surface area contributed by atoms with Gasteiger partial charge in [-0.3, -0.25) is 0 Å². The number of nitrogens with one attached hydrogen (secondary N) is 1. The predicted molar refractivity (Wildman–Crippen MR) is 79.0 cm³/mol. The van der Waals surface area contributed by atoms with E-state index in [2.05, 4.69) is 44.3 Å². The molecule has 1 atom stereocenters. The minimum Gasteiger partial charge on any atom is -0.314 e. The third-order valence-corrected chi connectivity index (χ3v) is 4.17. The lowest BCUT2D eigenvalue weighted by Gasteiger charge is -2.24. The van der Waals surface area contributed by atoms with E-state index >= 15 is 0 Å². The van der Waals surface area contributed by atoms with E-state index in [1.807, 2.05) is 0 Å². The van der Waals surface area contributed by atoms with E-state index in [0.29, 0.717) is 6.04 Å². The van der Waals surface area contributed by atoms with Crippen molar-refractivity contribution in [2.75, 3.05) is 6.54 Å². The standard InChI is InChI=1S/C17H27N/c1-4-18-17(16-7-5-6-8-16)12-15-10-13(2)9-14(3)11-15/h9-11,16-18H,4-8,12H2,1-3H3. The van der Waals surface area contributed by atoms with Crippen LogP contribution in [0.1, 0.15) is 49.3 Å². The van der Waals surface area contributed by atoms with Gasteiger partial charge in [0, 0.05) is 6.04 Å². The van der Waals surface area contributed by atoms with Crippen molar-refractivity contribution in [3.05, 3.63) is 34.9 Å². The van der Waals surface area contributed by atoms with Crippen LogP contribution in [0.2, 0.25) is 0 Å². The second-order valence-corrected chi connectivity index (χ2v) is 5.91. The van der Waals surface area contributed by atoms with E-state index in [9.17, 15) is 0 Å². The lowest BCUT2D eigenvalue weighted by Crippen LogP contribution is -2.37. The molecule has 1 saturated carbocycles. The Kier molecular flexibility index (Phi) is 4.82. The van der Waals surface area contributed by atoms with Gasteiger partial charge < -0.3 is 5.32 Å². The van der Waals surface area contributed by atoms with E-state index in [1.165, 1.54) is 48.8 Å². The van der Waals surface area contributed by atoms with Crippen LogP contribution < -0.4 is 5.32 Å². The molecule has 0 radical (unpaired) electrons. The molecule has 0 amide bonds. The summed E-state index contributed by atoms with van der Waals surface area (Å²) < 4.78 is 0. The van der Waals surface area contributed by atoms with Crippen molar-refractivity contribution in [1.82, 2.24) is 5.32 Å². The molecule has 0 bridgehead atoms. The Balaban J connectivity index is 2.07. The Hall–Kier alpha value is -0.820. The molecular formula is C17H27N. The molecule has 1 unspecified atom stereocenters. The van der Waals surface area contributed by atoms with Crippen LogP contribution in [0.3, 0.4) is 0 Å². The molecule has 0 aliphatic heterocycles. The summed E-state index contributed by atoms with van der Waals surface area (Å²) in [5.74, 6) is 0.894. The summed E-state index contributed by atoms with van der Waals surface area (Å²) in [7, 11) is 0. The predicted octanol–water partition coefficient (Wildman–Crippen LogP) is 4.01. The normalized spacial score (nSPS) is 18.2. The van der Waals surface area contributed by atoms with Gasteiger partial charge in [0.2, 0.25) is 0 Å². The van der Waals surface area contributed by atoms with Gasteiger partial charge in [-0.15, -0.1) is 0 Å². The summed E-state index contributed by atoms with van der Waals surface area (Å²) in [6, 6.07) is 7.65. The van der Waals surface area contributed by atoms with Crippen molar-refractivity contribution in [2.45, 2.75) is 58.9 Å². The van der Waals surface area contributed by atoms with Crippen LogP contribution in [0.15, 0.2) is 18.2 Å². The Bertz CT molecular complexity index is 357. The number of likely N-dealkylation sites (N-methyl/N-ethyl adjacent to an activating group) is 1. The van der Waals surface area contributed by atoms with Crippen molar-refractivity contribution in [3.8, 4) is 0 Å². The minimum atomic E-state index is 0.679. The molecule has 1 aromatic carbocycles. The molecule has 1 N–H and O–H groups in total. The van der Waals surface area contributed by atoms with Crippen molar-refractivity contribution < 1.29 is 0 Å². The molecule has 1 aliphatic rings. The van der Waals surface area contributed by atoms with Gasteiger partial charge in [-0.05, 0) is 51.1 Å². The SMILES string of the molecule is CCNC(Cc1cc(C)cc(C)c1)C1CCCC1. The fraction of sp³-hybridized carbons (Fsp3) is 0.647. The molecular weight excluding hydrogens is 218 g/mol. The van der Waals surface area contributed by atoms with Gasteiger partial charge in [-0.1, -0.05) is 49.1 Å². The molecule has 0 aromatic heterocycles. The Morgan fingerprint density at radius 1 is 1.11 bits per heavy atom. The largest absolute Gasteiger partial charge is 0.314 e. The molecule has 1 fully saturated rings. The van der Waals surface area contributed by atoms with Gasteiger partial charge in [0.15, 0.2) is 0 Å². The summed E-state index contributed by atoms with van der Waals surface area (Å²) in [5.41, 5.74) is 4.30. The maximum atomic E-state index is 3.71.